The molecular formula is C18H15N5O. The first kappa shape index (κ1) is 16.8. The van der Waals surface area contributed by atoms with Gasteiger partial charge in [-0.15, -0.1) is 0 Å². The maximum Gasteiger partial charge on any atom is 0.260 e. The van der Waals surface area contributed by atoms with Crippen molar-refractivity contribution >= 4 is 5.82 Å². The molecule has 0 saturated heterocycles. The normalized spacial score (nSPS) is 9.96. The fourth-order valence-electron chi connectivity index (χ4n) is 2.58. The van der Waals surface area contributed by atoms with Gasteiger partial charge in [0.05, 0.1) is 23.4 Å². The van der Waals surface area contributed by atoms with Gasteiger partial charge < -0.3 is 5.73 Å². The number of anilines is 1. The van der Waals surface area contributed by atoms with E-state index >= 15 is 0 Å². The predicted molar refractivity (Wildman–Crippen MR) is 88.9 cm³/mol. The van der Waals surface area contributed by atoms with Crippen LogP contribution in [0.1, 0.15) is 23.1 Å². The molecule has 0 radical (unpaired) electrons. The Morgan fingerprint density at radius 2 is 1.79 bits per heavy atom. The molecule has 2 rings (SSSR count). The van der Waals surface area contributed by atoms with Gasteiger partial charge in [-0.3, -0.25) is 9.36 Å². The van der Waals surface area contributed by atoms with Gasteiger partial charge >= 0.3 is 0 Å². The number of nitriles is 3. The van der Waals surface area contributed by atoms with Crippen molar-refractivity contribution in [3.63, 3.8) is 0 Å². The number of nitrogens with zero attached hydrogens (tertiary/aromatic N) is 4. The summed E-state index contributed by atoms with van der Waals surface area (Å²) < 4.78 is 1.30. The van der Waals surface area contributed by atoms with E-state index in [9.17, 15) is 10.1 Å². The minimum Gasteiger partial charge on any atom is -0.384 e. The maximum absolute atomic E-state index is 12.9. The summed E-state index contributed by atoms with van der Waals surface area (Å²) in [6, 6.07) is 14.6. The number of para-hydroxylation sites is 1. The Kier molecular flexibility index (Phi) is 5.00. The van der Waals surface area contributed by atoms with Gasteiger partial charge in [-0.25, -0.2) is 0 Å². The summed E-state index contributed by atoms with van der Waals surface area (Å²) in [5.41, 5.74) is 7.42. The lowest BCUT2D eigenvalue weighted by Gasteiger charge is -2.16. The molecule has 0 aliphatic heterocycles. The second-order valence-electron chi connectivity index (χ2n) is 5.30. The van der Waals surface area contributed by atoms with Crippen LogP contribution in [0.3, 0.4) is 0 Å². The second-order valence-corrected chi connectivity index (χ2v) is 5.30. The van der Waals surface area contributed by atoms with Crippen molar-refractivity contribution in [2.75, 3.05) is 5.73 Å². The number of nitrogens with two attached hydrogens (primary N) is 1. The van der Waals surface area contributed by atoms with Crippen molar-refractivity contribution < 1.29 is 0 Å². The quantitative estimate of drug-likeness (QED) is 0.926. The molecule has 0 fully saturated rings. The minimum absolute atomic E-state index is 0.0899. The Bertz CT molecular complexity index is 925. The highest BCUT2D eigenvalue weighted by atomic mass is 16.1. The molecule has 0 amide bonds. The van der Waals surface area contributed by atoms with Gasteiger partial charge in [0.15, 0.2) is 0 Å². The molecule has 2 N–H and O–H groups in total. The van der Waals surface area contributed by atoms with Crippen molar-refractivity contribution in [3.05, 3.63) is 57.4 Å². The van der Waals surface area contributed by atoms with E-state index in [2.05, 4.69) is 0 Å². The summed E-state index contributed by atoms with van der Waals surface area (Å²) in [6.45, 7) is 1.66. The van der Waals surface area contributed by atoms with E-state index in [0.717, 1.165) is 0 Å². The molecule has 0 spiro atoms. The summed E-state index contributed by atoms with van der Waals surface area (Å²) >= 11 is 0. The second kappa shape index (κ2) is 7.13. The molecule has 0 bridgehead atoms. The first-order chi connectivity index (χ1) is 11.5. The first-order valence-corrected chi connectivity index (χ1v) is 7.33. The van der Waals surface area contributed by atoms with Crippen LogP contribution in [-0.2, 0) is 6.42 Å². The van der Waals surface area contributed by atoms with Crippen LogP contribution in [0.15, 0.2) is 35.1 Å². The van der Waals surface area contributed by atoms with Crippen molar-refractivity contribution in [2.45, 2.75) is 19.8 Å². The third kappa shape index (κ3) is 2.97. The molecule has 0 saturated carbocycles. The van der Waals surface area contributed by atoms with Crippen LogP contribution in [0.25, 0.3) is 5.69 Å². The highest BCUT2D eigenvalue weighted by Gasteiger charge is 2.19. The number of rotatable bonds is 4. The van der Waals surface area contributed by atoms with Gasteiger partial charge in [-0.2, -0.15) is 15.8 Å². The minimum atomic E-state index is -0.794. The van der Waals surface area contributed by atoms with Gasteiger partial charge in [-0.1, -0.05) is 18.2 Å². The molecular weight excluding hydrogens is 302 g/mol. The topological polar surface area (TPSA) is 119 Å². The first-order valence-electron chi connectivity index (χ1n) is 7.33. The van der Waals surface area contributed by atoms with E-state index in [1.807, 2.05) is 24.3 Å². The zero-order valence-corrected chi connectivity index (χ0v) is 13.2. The molecule has 6 nitrogen and oxygen atoms in total. The molecule has 1 aromatic carbocycles. The van der Waals surface area contributed by atoms with Crippen molar-refractivity contribution in [1.82, 2.24) is 4.57 Å². The molecule has 6 heteroatoms. The fraction of sp³-hybridized carbons (Fsp3) is 0.222. The fourth-order valence-corrected chi connectivity index (χ4v) is 2.58. The van der Waals surface area contributed by atoms with Crippen LogP contribution in [0, 0.1) is 46.8 Å². The summed E-state index contributed by atoms with van der Waals surface area (Å²) in [6.07, 6.45) is 0.463. The highest BCUT2D eigenvalue weighted by molar-refractivity contribution is 5.59. The molecule has 1 heterocycles. The van der Waals surface area contributed by atoms with E-state index in [4.69, 9.17) is 16.3 Å². The predicted octanol–water partition coefficient (Wildman–Crippen LogP) is 2.20. The Balaban J connectivity index is 2.65. The molecule has 0 aliphatic carbocycles. The van der Waals surface area contributed by atoms with Crippen molar-refractivity contribution in [2.24, 2.45) is 5.92 Å². The van der Waals surface area contributed by atoms with Gasteiger partial charge in [0.1, 0.15) is 17.8 Å². The third-order valence-corrected chi connectivity index (χ3v) is 3.91. The average Bonchev–Trinajstić information content (AvgIpc) is 2.59. The monoisotopic (exact) mass is 317 g/mol. The number of hydrogen-bond donors (Lipinski definition) is 1. The Hall–Kier alpha value is -3.56. The van der Waals surface area contributed by atoms with E-state index in [-0.39, 0.29) is 29.8 Å². The molecule has 24 heavy (non-hydrogen) atoms. The summed E-state index contributed by atoms with van der Waals surface area (Å²) in [5.74, 6) is -0.705. The largest absolute Gasteiger partial charge is 0.384 e. The van der Waals surface area contributed by atoms with E-state index in [0.29, 0.717) is 16.8 Å². The Labute approximate surface area is 139 Å². The van der Waals surface area contributed by atoms with Gasteiger partial charge in [0.25, 0.3) is 5.56 Å². The molecule has 118 valence electrons. The maximum atomic E-state index is 12.9. The lowest BCUT2D eigenvalue weighted by molar-refractivity contribution is 0.718. The zero-order chi connectivity index (χ0) is 17.7. The van der Waals surface area contributed by atoms with Crippen molar-refractivity contribution in [3.8, 4) is 23.9 Å². The standard InChI is InChI=1S/C18H15N5O/c1-12-15(8-7-13(9-19)10-20)18(24)23(17(22)16(12)11-21)14-5-3-2-4-6-14/h2-6,13H,7-8,22H2,1H3. The summed E-state index contributed by atoms with van der Waals surface area (Å²) in [4.78, 5) is 12.9. The van der Waals surface area contributed by atoms with E-state index < -0.39 is 5.92 Å². The number of aromatic nitrogens is 1. The lowest BCUT2D eigenvalue weighted by Crippen LogP contribution is -2.28. The summed E-state index contributed by atoms with van der Waals surface area (Å²) in [5, 5.41) is 27.2. The number of nitrogen functional groups attached to an aromatic ring is 1. The van der Waals surface area contributed by atoms with E-state index in [1.165, 1.54) is 4.57 Å². The van der Waals surface area contributed by atoms with Crippen LogP contribution in [0.4, 0.5) is 5.82 Å². The molecule has 0 aliphatic rings. The molecule has 1 aromatic heterocycles. The smallest absolute Gasteiger partial charge is 0.260 e. The SMILES string of the molecule is Cc1c(C#N)c(N)n(-c2ccccc2)c(=O)c1CCC(C#N)C#N. The van der Waals surface area contributed by atoms with Crippen LogP contribution in [-0.4, -0.2) is 4.57 Å². The molecule has 2 aromatic rings. The Morgan fingerprint density at radius 3 is 2.33 bits per heavy atom. The highest BCUT2D eigenvalue weighted by Crippen LogP contribution is 2.22. The molecule has 0 atom stereocenters. The van der Waals surface area contributed by atoms with Crippen molar-refractivity contribution in [1.29, 1.82) is 15.8 Å². The lowest BCUT2D eigenvalue weighted by atomic mass is 9.97. The van der Waals surface area contributed by atoms with Gasteiger partial charge in [0.2, 0.25) is 0 Å². The Morgan fingerprint density at radius 1 is 1.17 bits per heavy atom. The average molecular weight is 317 g/mol. The number of benzene rings is 1. The van der Waals surface area contributed by atoms with Gasteiger partial charge in [-0.05, 0) is 37.5 Å². The summed E-state index contributed by atoms with van der Waals surface area (Å²) in [7, 11) is 0. The number of hydrogen-bond acceptors (Lipinski definition) is 5. The van der Waals surface area contributed by atoms with Gasteiger partial charge in [0, 0.05) is 5.56 Å². The number of pyridine rings is 1. The zero-order valence-electron chi connectivity index (χ0n) is 13.2. The van der Waals surface area contributed by atoms with E-state index in [1.54, 1.807) is 31.2 Å². The van der Waals surface area contributed by atoms with Crippen LogP contribution >= 0.6 is 0 Å². The third-order valence-electron chi connectivity index (χ3n) is 3.91. The van der Waals surface area contributed by atoms with Crippen LogP contribution in [0.2, 0.25) is 0 Å². The van der Waals surface area contributed by atoms with Crippen LogP contribution in [0.5, 0.6) is 0 Å². The van der Waals surface area contributed by atoms with Crippen LogP contribution < -0.4 is 11.3 Å². The molecule has 0 unspecified atom stereocenters.